The molecule has 32 heavy (non-hydrogen) atoms. The Bertz CT molecular complexity index is 1100. The number of carboxylic acid groups (broad SMARTS) is 1. The Morgan fingerprint density at radius 3 is 2.38 bits per heavy atom. The highest BCUT2D eigenvalue weighted by Gasteiger charge is 2.48. The highest BCUT2D eigenvalue weighted by Crippen LogP contribution is 2.48. The molecule has 3 atom stereocenters. The van der Waals surface area contributed by atoms with Crippen LogP contribution < -0.4 is 0 Å². The van der Waals surface area contributed by atoms with Crippen molar-refractivity contribution in [3.63, 3.8) is 0 Å². The molecule has 0 radical (unpaired) electrons. The lowest BCUT2D eigenvalue weighted by atomic mass is 9.66. The molecule has 4 rings (SSSR count). The summed E-state index contributed by atoms with van der Waals surface area (Å²) < 4.78 is 2.32. The van der Waals surface area contributed by atoms with Crippen LogP contribution in [0, 0.1) is 0 Å². The maximum absolute atomic E-state index is 12.8. The van der Waals surface area contributed by atoms with Crippen molar-refractivity contribution in [2.75, 3.05) is 0 Å². The summed E-state index contributed by atoms with van der Waals surface area (Å²) in [6.07, 6.45) is 2.65. The summed E-state index contributed by atoms with van der Waals surface area (Å²) >= 11 is 6.14. The number of aryl methyl sites for hydroxylation is 1. The van der Waals surface area contributed by atoms with Gasteiger partial charge in [-0.1, -0.05) is 67.9 Å². The Morgan fingerprint density at radius 2 is 1.78 bits per heavy atom. The number of nitrogens with zero attached hydrogens (tertiary/aromatic N) is 2. The minimum absolute atomic E-state index is 0.0235. The van der Waals surface area contributed by atoms with E-state index in [0.717, 1.165) is 47.6 Å². The van der Waals surface area contributed by atoms with E-state index in [2.05, 4.69) is 37.5 Å². The van der Waals surface area contributed by atoms with E-state index in [0.29, 0.717) is 5.02 Å². The zero-order valence-corrected chi connectivity index (χ0v) is 19.9. The van der Waals surface area contributed by atoms with Gasteiger partial charge in [-0.05, 0) is 56.4 Å². The number of aromatic nitrogens is 2. The zero-order valence-electron chi connectivity index (χ0n) is 19.2. The van der Waals surface area contributed by atoms with Gasteiger partial charge in [-0.25, -0.2) is 4.98 Å². The largest absolute Gasteiger partial charge is 0.481 e. The fourth-order valence-electron chi connectivity index (χ4n) is 5.20. The molecule has 4 nitrogen and oxygen atoms in total. The Morgan fingerprint density at radius 1 is 1.12 bits per heavy atom. The third kappa shape index (κ3) is 3.75. The molecule has 0 amide bonds. The molecule has 0 fully saturated rings. The summed E-state index contributed by atoms with van der Waals surface area (Å²) in [5.41, 5.74) is 3.06. The first kappa shape index (κ1) is 22.6. The molecule has 2 aromatic carbocycles. The summed E-state index contributed by atoms with van der Waals surface area (Å²) in [7, 11) is 0. The van der Waals surface area contributed by atoms with Gasteiger partial charge in [0.1, 0.15) is 5.82 Å². The number of carbonyl (C=O) groups is 1. The Balaban J connectivity index is 1.93. The van der Waals surface area contributed by atoms with E-state index in [1.165, 1.54) is 0 Å². The van der Waals surface area contributed by atoms with E-state index in [-0.39, 0.29) is 17.9 Å². The summed E-state index contributed by atoms with van der Waals surface area (Å²) in [4.78, 5) is 17.9. The second-order valence-corrected chi connectivity index (χ2v) is 9.81. The fraction of sp³-hybridized carbons (Fsp3) is 0.407. The van der Waals surface area contributed by atoms with Crippen LogP contribution in [0.15, 0.2) is 54.6 Å². The molecule has 1 aliphatic carbocycles. The second-order valence-electron chi connectivity index (χ2n) is 9.37. The normalized spacial score (nSPS) is 18.8. The molecular formula is C27H31ClN2O2. The first-order valence-corrected chi connectivity index (χ1v) is 11.8. The second kappa shape index (κ2) is 8.74. The third-order valence-corrected chi connectivity index (χ3v) is 7.31. The number of imidazole rings is 1. The van der Waals surface area contributed by atoms with Crippen LogP contribution in [0.3, 0.4) is 0 Å². The predicted molar refractivity (Wildman–Crippen MR) is 129 cm³/mol. The molecule has 0 bridgehead atoms. The van der Waals surface area contributed by atoms with Gasteiger partial charge in [0, 0.05) is 22.6 Å². The van der Waals surface area contributed by atoms with Crippen molar-refractivity contribution in [2.45, 2.75) is 70.3 Å². The van der Waals surface area contributed by atoms with Crippen LogP contribution in [0.5, 0.6) is 0 Å². The molecule has 3 aromatic rings. The molecule has 1 heterocycles. The van der Waals surface area contributed by atoms with Crippen LogP contribution >= 0.6 is 11.6 Å². The number of carboxylic acids is 1. The molecule has 168 valence electrons. The van der Waals surface area contributed by atoms with Crippen molar-refractivity contribution < 1.29 is 9.90 Å². The van der Waals surface area contributed by atoms with Crippen LogP contribution in [-0.2, 0) is 16.6 Å². The quantitative estimate of drug-likeness (QED) is 0.452. The Hall–Kier alpha value is -2.59. The van der Waals surface area contributed by atoms with Crippen molar-refractivity contribution in [3.05, 3.63) is 88.0 Å². The standard InChI is InChI=1S/C27H31ClN2O2/c1-17(2)25-29-23-12-8-11-22(27(4,26(31)32)20-9-6-5-7-10-20)24(23)30(25)18(3)19-13-15-21(28)16-14-19/h5-7,9-10,13-18,22H,8,11-12H2,1-4H3,(H,31,32)/t18-,22?,27?/m1/s1. The minimum atomic E-state index is -1.04. The number of aliphatic carboxylic acids is 1. The maximum Gasteiger partial charge on any atom is 0.314 e. The van der Waals surface area contributed by atoms with Gasteiger partial charge >= 0.3 is 5.97 Å². The molecule has 0 saturated carbocycles. The van der Waals surface area contributed by atoms with Gasteiger partial charge in [0.25, 0.3) is 0 Å². The van der Waals surface area contributed by atoms with E-state index in [1.54, 1.807) is 0 Å². The van der Waals surface area contributed by atoms with E-state index < -0.39 is 11.4 Å². The average molecular weight is 451 g/mol. The minimum Gasteiger partial charge on any atom is -0.481 e. The first-order chi connectivity index (χ1) is 15.2. The summed E-state index contributed by atoms with van der Waals surface area (Å²) in [5, 5.41) is 11.2. The van der Waals surface area contributed by atoms with Gasteiger partial charge in [0.05, 0.1) is 17.2 Å². The average Bonchev–Trinajstić information content (AvgIpc) is 3.19. The van der Waals surface area contributed by atoms with Gasteiger partial charge in [-0.3, -0.25) is 4.79 Å². The highest BCUT2D eigenvalue weighted by molar-refractivity contribution is 6.30. The Labute approximate surface area is 195 Å². The smallest absolute Gasteiger partial charge is 0.314 e. The molecule has 1 aromatic heterocycles. The molecule has 0 saturated heterocycles. The predicted octanol–water partition coefficient (Wildman–Crippen LogP) is 6.73. The van der Waals surface area contributed by atoms with E-state index in [4.69, 9.17) is 16.6 Å². The zero-order chi connectivity index (χ0) is 23.0. The number of fused-ring (bicyclic) bond motifs is 1. The fourth-order valence-corrected chi connectivity index (χ4v) is 5.33. The van der Waals surface area contributed by atoms with Crippen LogP contribution in [0.1, 0.15) is 86.8 Å². The lowest BCUT2D eigenvalue weighted by Gasteiger charge is -2.38. The van der Waals surface area contributed by atoms with E-state index >= 15 is 0 Å². The van der Waals surface area contributed by atoms with Gasteiger partial charge in [-0.15, -0.1) is 0 Å². The van der Waals surface area contributed by atoms with E-state index in [9.17, 15) is 9.90 Å². The lowest BCUT2D eigenvalue weighted by Crippen LogP contribution is -2.41. The maximum atomic E-state index is 12.8. The highest BCUT2D eigenvalue weighted by atomic mass is 35.5. The molecule has 0 aliphatic heterocycles. The van der Waals surface area contributed by atoms with Crippen LogP contribution in [0.25, 0.3) is 0 Å². The molecular weight excluding hydrogens is 420 g/mol. The molecule has 0 spiro atoms. The first-order valence-electron chi connectivity index (χ1n) is 11.4. The van der Waals surface area contributed by atoms with Gasteiger partial charge in [0.15, 0.2) is 0 Å². The molecule has 5 heteroatoms. The molecule has 1 aliphatic rings. The molecule has 2 unspecified atom stereocenters. The SMILES string of the molecule is CC(C)c1nc2c(n1[C@H](C)c1ccc(Cl)cc1)C(C(C)(C(=O)O)c1ccccc1)CCC2. The number of benzene rings is 2. The summed E-state index contributed by atoms with van der Waals surface area (Å²) in [6.45, 7) is 8.36. The monoisotopic (exact) mass is 450 g/mol. The summed E-state index contributed by atoms with van der Waals surface area (Å²) in [5.74, 6) is 0.286. The number of halogens is 1. The lowest BCUT2D eigenvalue weighted by molar-refractivity contribution is -0.144. The van der Waals surface area contributed by atoms with Crippen molar-refractivity contribution in [2.24, 2.45) is 0 Å². The van der Waals surface area contributed by atoms with Crippen LogP contribution in [0.2, 0.25) is 5.02 Å². The van der Waals surface area contributed by atoms with Crippen molar-refractivity contribution in [1.82, 2.24) is 9.55 Å². The number of hydrogen-bond acceptors (Lipinski definition) is 2. The van der Waals surface area contributed by atoms with Crippen LogP contribution in [-0.4, -0.2) is 20.6 Å². The number of rotatable bonds is 6. The Kier molecular flexibility index (Phi) is 6.17. The molecule has 1 N–H and O–H groups in total. The van der Waals surface area contributed by atoms with Gasteiger partial charge in [0.2, 0.25) is 0 Å². The topological polar surface area (TPSA) is 55.1 Å². The van der Waals surface area contributed by atoms with Crippen molar-refractivity contribution >= 4 is 17.6 Å². The van der Waals surface area contributed by atoms with Crippen molar-refractivity contribution in [1.29, 1.82) is 0 Å². The van der Waals surface area contributed by atoms with Crippen molar-refractivity contribution in [3.8, 4) is 0 Å². The van der Waals surface area contributed by atoms with Crippen LogP contribution in [0.4, 0.5) is 0 Å². The van der Waals surface area contributed by atoms with Gasteiger partial charge in [-0.2, -0.15) is 0 Å². The van der Waals surface area contributed by atoms with E-state index in [1.807, 2.05) is 49.4 Å². The van der Waals surface area contributed by atoms with Gasteiger partial charge < -0.3 is 9.67 Å². The third-order valence-electron chi connectivity index (χ3n) is 7.06. The number of hydrogen-bond donors (Lipinski definition) is 1. The summed E-state index contributed by atoms with van der Waals surface area (Å²) in [6, 6.07) is 17.6.